The summed E-state index contributed by atoms with van der Waals surface area (Å²) in [5, 5.41) is 0. The van der Waals surface area contributed by atoms with Gasteiger partial charge in [0.25, 0.3) is 0 Å². The topological polar surface area (TPSA) is 39.4 Å². The summed E-state index contributed by atoms with van der Waals surface area (Å²) in [7, 11) is 6.37. The average Bonchev–Trinajstić information content (AvgIpc) is 3.02. The first-order chi connectivity index (χ1) is 11.3. The van der Waals surface area contributed by atoms with Gasteiger partial charge in [-0.05, 0) is 24.6 Å². The molecule has 0 amide bonds. The molecular formula is C20H28NO3+. The highest BCUT2D eigenvalue weighted by Gasteiger charge is 2.20. The molecule has 4 nitrogen and oxygen atoms in total. The van der Waals surface area contributed by atoms with Gasteiger partial charge in [-0.3, -0.25) is 0 Å². The summed E-state index contributed by atoms with van der Waals surface area (Å²) in [6.45, 7) is 4.93. The lowest BCUT2D eigenvalue weighted by atomic mass is 9.99. The van der Waals surface area contributed by atoms with Gasteiger partial charge in [-0.15, -0.1) is 0 Å². The van der Waals surface area contributed by atoms with E-state index in [1.165, 1.54) is 0 Å². The molecule has 0 radical (unpaired) electrons. The van der Waals surface area contributed by atoms with Crippen LogP contribution < -0.4 is 0 Å². The van der Waals surface area contributed by atoms with Gasteiger partial charge in [-0.25, -0.2) is 4.79 Å². The fourth-order valence-corrected chi connectivity index (χ4v) is 2.47. The molecule has 0 aliphatic rings. The second-order valence-electron chi connectivity index (χ2n) is 7.35. The lowest BCUT2D eigenvalue weighted by Crippen LogP contribution is -2.37. The van der Waals surface area contributed by atoms with Crippen LogP contribution in [0.1, 0.15) is 48.1 Å². The van der Waals surface area contributed by atoms with Gasteiger partial charge in [0.1, 0.15) is 11.9 Å². The molecule has 1 aromatic heterocycles. The fourth-order valence-electron chi connectivity index (χ4n) is 2.47. The molecule has 0 N–H and O–H groups in total. The SMILES string of the molecule is C[C@H](c1ccccc1)c1ccc(C(=O)O[C@H](C)CC[N+](C)(C)C)o1. The molecule has 130 valence electrons. The van der Waals surface area contributed by atoms with Gasteiger partial charge >= 0.3 is 5.97 Å². The molecule has 2 aromatic rings. The molecule has 0 bridgehead atoms. The third-order valence-electron chi connectivity index (χ3n) is 4.07. The minimum atomic E-state index is -0.393. The minimum Gasteiger partial charge on any atom is -0.457 e. The van der Waals surface area contributed by atoms with Crippen LogP contribution in [0.25, 0.3) is 0 Å². The summed E-state index contributed by atoms with van der Waals surface area (Å²) < 4.78 is 12.1. The van der Waals surface area contributed by atoms with E-state index in [0.717, 1.165) is 28.8 Å². The number of quaternary nitrogens is 1. The Kier molecular flexibility index (Phi) is 5.84. The summed E-state index contributed by atoms with van der Waals surface area (Å²) in [6.07, 6.45) is 0.693. The maximum absolute atomic E-state index is 12.2. The Morgan fingerprint density at radius 3 is 2.38 bits per heavy atom. The number of carbonyl (C=O) groups is 1. The van der Waals surface area contributed by atoms with Crippen molar-refractivity contribution in [3.8, 4) is 0 Å². The van der Waals surface area contributed by atoms with Gasteiger partial charge in [0.05, 0.1) is 27.7 Å². The maximum Gasteiger partial charge on any atom is 0.374 e. The van der Waals surface area contributed by atoms with Gasteiger partial charge in [-0.2, -0.15) is 0 Å². The van der Waals surface area contributed by atoms with Crippen LogP contribution in [-0.2, 0) is 4.74 Å². The zero-order valence-electron chi connectivity index (χ0n) is 15.3. The van der Waals surface area contributed by atoms with Crippen LogP contribution in [0.3, 0.4) is 0 Å². The zero-order valence-corrected chi connectivity index (χ0v) is 15.3. The van der Waals surface area contributed by atoms with Gasteiger partial charge in [0.15, 0.2) is 0 Å². The van der Waals surface area contributed by atoms with E-state index in [2.05, 4.69) is 40.2 Å². The number of nitrogens with zero attached hydrogens (tertiary/aromatic N) is 1. The first kappa shape index (κ1) is 18.3. The number of benzene rings is 1. The van der Waals surface area contributed by atoms with Crippen LogP contribution in [0.15, 0.2) is 46.9 Å². The van der Waals surface area contributed by atoms with Crippen molar-refractivity contribution in [3.05, 3.63) is 59.5 Å². The molecule has 0 saturated carbocycles. The highest BCUT2D eigenvalue weighted by molar-refractivity contribution is 5.86. The third kappa shape index (κ3) is 5.24. The standard InChI is InChI=1S/C20H28NO3/c1-15(13-14-21(3,4)5)23-20(22)19-12-11-18(24-19)16(2)17-9-7-6-8-10-17/h6-12,15-16H,13-14H2,1-5H3/q+1/t15-,16-/m1/s1. The molecular weight excluding hydrogens is 302 g/mol. The Morgan fingerprint density at radius 2 is 1.75 bits per heavy atom. The van der Waals surface area contributed by atoms with Gasteiger partial charge < -0.3 is 13.6 Å². The van der Waals surface area contributed by atoms with E-state index in [9.17, 15) is 4.79 Å². The van der Waals surface area contributed by atoms with E-state index in [-0.39, 0.29) is 17.8 Å². The van der Waals surface area contributed by atoms with Crippen LogP contribution in [0.2, 0.25) is 0 Å². The highest BCUT2D eigenvalue weighted by Crippen LogP contribution is 2.26. The van der Waals surface area contributed by atoms with Crippen LogP contribution in [0, 0.1) is 0 Å². The summed E-state index contributed by atoms with van der Waals surface area (Å²) in [6, 6.07) is 13.6. The Bertz CT molecular complexity index is 655. The van der Waals surface area contributed by atoms with E-state index in [1.807, 2.05) is 31.2 Å². The molecule has 0 fully saturated rings. The van der Waals surface area contributed by atoms with E-state index in [1.54, 1.807) is 6.07 Å². The lowest BCUT2D eigenvalue weighted by Gasteiger charge is -2.25. The predicted octanol–water partition coefficient (Wildman–Crippen LogP) is 4.07. The van der Waals surface area contributed by atoms with Crippen LogP contribution in [0.4, 0.5) is 0 Å². The number of furan rings is 1. The molecule has 0 saturated heterocycles. The van der Waals surface area contributed by atoms with Crippen molar-refractivity contribution in [2.24, 2.45) is 0 Å². The van der Waals surface area contributed by atoms with Gasteiger partial charge in [-0.1, -0.05) is 37.3 Å². The Labute approximate surface area is 144 Å². The number of esters is 1. The second kappa shape index (κ2) is 7.67. The molecule has 0 spiro atoms. The normalized spacial score (nSPS) is 14.2. The van der Waals surface area contributed by atoms with Crippen molar-refractivity contribution in [3.63, 3.8) is 0 Å². The van der Waals surface area contributed by atoms with E-state index < -0.39 is 5.97 Å². The zero-order chi connectivity index (χ0) is 17.7. The van der Waals surface area contributed by atoms with Gasteiger partial charge in [0.2, 0.25) is 5.76 Å². The molecule has 0 aliphatic carbocycles. The Hall–Kier alpha value is -2.07. The number of hydrogen-bond acceptors (Lipinski definition) is 3. The Morgan fingerprint density at radius 1 is 1.08 bits per heavy atom. The third-order valence-corrected chi connectivity index (χ3v) is 4.07. The van der Waals surface area contributed by atoms with Crippen molar-refractivity contribution in [1.82, 2.24) is 0 Å². The van der Waals surface area contributed by atoms with Crippen LogP contribution >= 0.6 is 0 Å². The minimum absolute atomic E-state index is 0.100. The van der Waals surface area contributed by atoms with E-state index in [4.69, 9.17) is 9.15 Å². The molecule has 1 heterocycles. The molecule has 1 aromatic carbocycles. The number of hydrogen-bond donors (Lipinski definition) is 0. The van der Waals surface area contributed by atoms with Crippen molar-refractivity contribution < 1.29 is 18.4 Å². The summed E-state index contributed by atoms with van der Waals surface area (Å²) in [4.78, 5) is 12.2. The number of ether oxygens (including phenoxy) is 1. The van der Waals surface area contributed by atoms with Gasteiger partial charge in [0, 0.05) is 12.3 Å². The molecule has 4 heteroatoms. The number of rotatable bonds is 7. The van der Waals surface area contributed by atoms with E-state index in [0.29, 0.717) is 0 Å². The number of carbonyl (C=O) groups excluding carboxylic acids is 1. The first-order valence-electron chi connectivity index (χ1n) is 8.42. The lowest BCUT2D eigenvalue weighted by molar-refractivity contribution is -0.870. The average molecular weight is 330 g/mol. The molecule has 0 unspecified atom stereocenters. The smallest absolute Gasteiger partial charge is 0.374 e. The highest BCUT2D eigenvalue weighted by atomic mass is 16.6. The van der Waals surface area contributed by atoms with Crippen molar-refractivity contribution in [2.45, 2.75) is 32.3 Å². The van der Waals surface area contributed by atoms with Crippen molar-refractivity contribution in [2.75, 3.05) is 27.7 Å². The van der Waals surface area contributed by atoms with Crippen molar-refractivity contribution >= 4 is 5.97 Å². The second-order valence-corrected chi connectivity index (χ2v) is 7.35. The van der Waals surface area contributed by atoms with Crippen molar-refractivity contribution in [1.29, 1.82) is 0 Å². The summed E-state index contributed by atoms with van der Waals surface area (Å²) in [5.74, 6) is 0.746. The predicted molar refractivity (Wildman–Crippen MR) is 95.1 cm³/mol. The molecule has 24 heavy (non-hydrogen) atoms. The fraction of sp³-hybridized carbons (Fsp3) is 0.450. The summed E-state index contributed by atoms with van der Waals surface area (Å²) >= 11 is 0. The largest absolute Gasteiger partial charge is 0.457 e. The summed E-state index contributed by atoms with van der Waals surface area (Å²) in [5.41, 5.74) is 1.16. The maximum atomic E-state index is 12.2. The molecule has 2 atom stereocenters. The first-order valence-corrected chi connectivity index (χ1v) is 8.42. The molecule has 0 aliphatic heterocycles. The van der Waals surface area contributed by atoms with Crippen LogP contribution in [-0.4, -0.2) is 44.2 Å². The van der Waals surface area contributed by atoms with E-state index >= 15 is 0 Å². The quantitative estimate of drug-likeness (QED) is 0.567. The molecule has 2 rings (SSSR count). The van der Waals surface area contributed by atoms with Crippen LogP contribution in [0.5, 0.6) is 0 Å². The Balaban J connectivity index is 1.96. The monoisotopic (exact) mass is 330 g/mol.